The first-order valence-corrected chi connectivity index (χ1v) is 5.14. The van der Waals surface area contributed by atoms with Crippen LogP contribution in [0.25, 0.3) is 0 Å². The monoisotopic (exact) mass is 233 g/mol. The Balaban J connectivity index is 2.92. The van der Waals surface area contributed by atoms with E-state index in [1.807, 2.05) is 0 Å². The summed E-state index contributed by atoms with van der Waals surface area (Å²) in [4.78, 5) is 10.8. The lowest BCUT2D eigenvalue weighted by Crippen LogP contribution is -2.63. The van der Waals surface area contributed by atoms with Crippen molar-refractivity contribution in [3.8, 4) is 0 Å². The fourth-order valence-corrected chi connectivity index (χ4v) is 2.14. The van der Waals surface area contributed by atoms with E-state index in [1.165, 1.54) is 7.11 Å². The molecule has 0 aromatic carbocycles. The van der Waals surface area contributed by atoms with Crippen LogP contribution in [0.4, 0.5) is 4.79 Å². The van der Waals surface area contributed by atoms with E-state index < -0.39 is 36.1 Å². The zero-order chi connectivity index (χ0) is 12.5. The maximum absolute atomic E-state index is 10.8. The van der Waals surface area contributed by atoms with Gasteiger partial charge in [-0.25, -0.2) is 4.79 Å². The zero-order valence-electron chi connectivity index (χ0n) is 9.97. The molecule has 0 bridgehead atoms. The summed E-state index contributed by atoms with van der Waals surface area (Å²) >= 11 is 0. The second-order valence-electron chi connectivity index (χ2n) is 4.47. The van der Waals surface area contributed by atoms with Gasteiger partial charge in [-0.2, -0.15) is 0 Å². The van der Waals surface area contributed by atoms with Gasteiger partial charge < -0.3 is 25.1 Å². The first kappa shape index (κ1) is 13.2. The molecule has 16 heavy (non-hydrogen) atoms. The van der Waals surface area contributed by atoms with Crippen molar-refractivity contribution in [2.24, 2.45) is 5.73 Å². The van der Waals surface area contributed by atoms with Crippen molar-refractivity contribution in [1.29, 1.82) is 0 Å². The summed E-state index contributed by atoms with van der Waals surface area (Å²) in [6, 6.07) is 0. The van der Waals surface area contributed by atoms with Crippen LogP contribution in [-0.2, 0) is 14.2 Å². The highest BCUT2D eigenvalue weighted by Gasteiger charge is 2.50. The normalized spacial score (nSPS) is 38.1. The smallest absolute Gasteiger partial charge is 0.404 e. The van der Waals surface area contributed by atoms with E-state index in [1.54, 1.807) is 20.8 Å². The first-order chi connectivity index (χ1) is 7.29. The minimum Gasteiger partial charge on any atom is -0.441 e. The molecule has 3 N–H and O–H groups in total. The topological polar surface area (TPSA) is 91.0 Å². The number of nitrogens with two attached hydrogens (primary N) is 1. The number of methoxy groups -OCH3 is 1. The average Bonchev–Trinajstić information content (AvgIpc) is 2.12. The van der Waals surface area contributed by atoms with Gasteiger partial charge in [0, 0.05) is 7.11 Å². The average molecular weight is 233 g/mol. The van der Waals surface area contributed by atoms with Crippen LogP contribution in [0.5, 0.6) is 0 Å². The fourth-order valence-electron chi connectivity index (χ4n) is 2.14. The predicted octanol–water partition coefficient (Wildman–Crippen LogP) is 0.0235. The van der Waals surface area contributed by atoms with Crippen molar-refractivity contribution < 1.29 is 24.1 Å². The molecule has 6 nitrogen and oxygen atoms in total. The molecule has 0 spiro atoms. The fraction of sp³-hybridized carbons (Fsp3) is 0.900. The van der Waals surface area contributed by atoms with E-state index in [2.05, 4.69) is 0 Å². The van der Waals surface area contributed by atoms with Crippen LogP contribution < -0.4 is 5.73 Å². The van der Waals surface area contributed by atoms with Gasteiger partial charge in [0.25, 0.3) is 0 Å². The Labute approximate surface area is 94.7 Å². The Morgan fingerprint density at radius 2 is 2.06 bits per heavy atom. The molecule has 0 aliphatic carbocycles. The Morgan fingerprint density at radius 3 is 2.50 bits per heavy atom. The molecule has 1 fully saturated rings. The Bertz CT molecular complexity index is 268. The quantitative estimate of drug-likeness (QED) is 0.701. The third-order valence-corrected chi connectivity index (χ3v) is 2.80. The van der Waals surface area contributed by atoms with Crippen LogP contribution in [0, 0.1) is 0 Å². The molecule has 1 saturated heterocycles. The third kappa shape index (κ3) is 2.45. The van der Waals surface area contributed by atoms with Crippen molar-refractivity contribution in [3.63, 3.8) is 0 Å². The molecule has 0 radical (unpaired) electrons. The maximum Gasteiger partial charge on any atom is 0.404 e. The van der Waals surface area contributed by atoms with Crippen LogP contribution >= 0.6 is 0 Å². The number of amides is 1. The van der Waals surface area contributed by atoms with Gasteiger partial charge in [-0.15, -0.1) is 0 Å². The number of carbonyl (C=O) groups is 1. The second kappa shape index (κ2) is 4.57. The van der Waals surface area contributed by atoms with E-state index in [4.69, 9.17) is 19.9 Å². The van der Waals surface area contributed by atoms with Gasteiger partial charge in [-0.3, -0.25) is 0 Å². The highest BCUT2D eigenvalue weighted by Crippen LogP contribution is 2.32. The minimum atomic E-state index is -0.953. The molecular formula is C10H19NO5. The molecule has 1 aliphatic rings. The predicted molar refractivity (Wildman–Crippen MR) is 55.9 cm³/mol. The lowest BCUT2D eigenvalue weighted by atomic mass is 9.87. The Morgan fingerprint density at radius 1 is 1.50 bits per heavy atom. The number of carbonyl (C=O) groups excluding carboxylic acids is 1. The summed E-state index contributed by atoms with van der Waals surface area (Å²) in [7, 11) is 1.47. The second-order valence-corrected chi connectivity index (χ2v) is 4.47. The molecule has 1 rings (SSSR count). The molecule has 0 aromatic rings. The minimum absolute atomic E-state index is 0.453. The third-order valence-electron chi connectivity index (χ3n) is 2.80. The van der Waals surface area contributed by atoms with Crippen molar-refractivity contribution in [3.05, 3.63) is 0 Å². The van der Waals surface area contributed by atoms with E-state index in [0.29, 0.717) is 0 Å². The lowest BCUT2D eigenvalue weighted by molar-refractivity contribution is -0.256. The molecule has 4 atom stereocenters. The van der Waals surface area contributed by atoms with E-state index in [-0.39, 0.29) is 0 Å². The molecule has 1 aliphatic heterocycles. The highest BCUT2D eigenvalue weighted by molar-refractivity contribution is 5.65. The maximum atomic E-state index is 10.8. The van der Waals surface area contributed by atoms with Crippen LogP contribution in [0.15, 0.2) is 0 Å². The summed E-state index contributed by atoms with van der Waals surface area (Å²) < 4.78 is 15.7. The van der Waals surface area contributed by atoms with E-state index in [0.717, 1.165) is 0 Å². The number of hydrogen-bond donors (Lipinski definition) is 2. The largest absolute Gasteiger partial charge is 0.441 e. The van der Waals surface area contributed by atoms with Gasteiger partial charge in [0.1, 0.15) is 12.2 Å². The van der Waals surface area contributed by atoms with Crippen LogP contribution in [-0.4, -0.2) is 48.3 Å². The molecule has 94 valence electrons. The van der Waals surface area contributed by atoms with Crippen molar-refractivity contribution in [2.75, 3.05) is 7.11 Å². The summed E-state index contributed by atoms with van der Waals surface area (Å²) in [5.41, 5.74) is 4.31. The summed E-state index contributed by atoms with van der Waals surface area (Å²) in [6.45, 7) is 5.32. The molecule has 0 saturated carbocycles. The SMILES string of the molecule is COC1C(OC(N)=O)C(O)C(C)OC1(C)C. The zero-order valence-corrected chi connectivity index (χ0v) is 9.97. The molecular weight excluding hydrogens is 214 g/mol. The van der Waals surface area contributed by atoms with E-state index in [9.17, 15) is 9.90 Å². The van der Waals surface area contributed by atoms with Gasteiger partial charge >= 0.3 is 6.09 Å². The van der Waals surface area contributed by atoms with Crippen LogP contribution in [0.1, 0.15) is 20.8 Å². The van der Waals surface area contributed by atoms with Gasteiger partial charge in [0.15, 0.2) is 6.10 Å². The number of ether oxygens (including phenoxy) is 3. The summed E-state index contributed by atoms with van der Waals surface area (Å²) in [6.07, 6.45) is -3.72. The molecule has 1 amide bonds. The van der Waals surface area contributed by atoms with Crippen molar-refractivity contribution in [1.82, 2.24) is 0 Å². The summed E-state index contributed by atoms with van der Waals surface area (Å²) in [5.74, 6) is 0. The van der Waals surface area contributed by atoms with Gasteiger partial charge in [-0.05, 0) is 20.8 Å². The van der Waals surface area contributed by atoms with Crippen LogP contribution in [0.2, 0.25) is 0 Å². The standard InChI is InChI=1S/C10H19NO5/c1-5-6(12)7(15-9(11)13)8(14-4)10(2,3)16-5/h5-8,12H,1-4H3,(H2,11,13). The Kier molecular flexibility index (Phi) is 3.77. The van der Waals surface area contributed by atoms with Gasteiger partial charge in [-0.1, -0.05) is 0 Å². The van der Waals surface area contributed by atoms with Crippen molar-refractivity contribution >= 4 is 6.09 Å². The first-order valence-electron chi connectivity index (χ1n) is 5.14. The highest BCUT2D eigenvalue weighted by atomic mass is 16.6. The number of aliphatic hydroxyl groups is 1. The Hall–Kier alpha value is -0.850. The number of rotatable bonds is 2. The van der Waals surface area contributed by atoms with E-state index >= 15 is 0 Å². The van der Waals surface area contributed by atoms with Crippen molar-refractivity contribution in [2.45, 2.75) is 50.8 Å². The number of primary amides is 1. The van der Waals surface area contributed by atoms with Gasteiger partial charge in [0.2, 0.25) is 0 Å². The molecule has 0 aromatic heterocycles. The van der Waals surface area contributed by atoms with Crippen LogP contribution in [0.3, 0.4) is 0 Å². The van der Waals surface area contributed by atoms with Gasteiger partial charge in [0.05, 0.1) is 11.7 Å². The number of aliphatic hydroxyl groups excluding tert-OH is 1. The molecule has 1 heterocycles. The summed E-state index contributed by atoms with van der Waals surface area (Å²) in [5, 5.41) is 9.88. The lowest BCUT2D eigenvalue weighted by Gasteiger charge is -2.47. The number of hydrogen-bond acceptors (Lipinski definition) is 5. The molecule has 4 unspecified atom stereocenters. The molecule has 6 heteroatoms.